The summed E-state index contributed by atoms with van der Waals surface area (Å²) in [6.45, 7) is 1.85. The number of aromatic nitrogens is 3. The lowest BCUT2D eigenvalue weighted by Crippen LogP contribution is -2.40. The van der Waals surface area contributed by atoms with Crippen molar-refractivity contribution in [2.45, 2.75) is 29.5 Å². The summed E-state index contributed by atoms with van der Waals surface area (Å²) in [4.78, 5) is 12.2. The first-order valence-corrected chi connectivity index (χ1v) is 7.97. The number of benzene rings is 1. The van der Waals surface area contributed by atoms with E-state index >= 15 is 0 Å². The number of esters is 1. The standard InChI is InChI=1S/C14H13F3N4O2S/c1-2-23-11(22)10-9(8-6-4-3-5-7-8)20-21-12(14(15,16)17)18-19-13(21)24-10/h3-7,9-10,20H,2H2,1H3/t9-,10+/m0/s1. The van der Waals surface area contributed by atoms with Crippen LogP contribution in [0.2, 0.25) is 0 Å². The maximum Gasteiger partial charge on any atom is 0.453 e. The molecule has 1 aliphatic heterocycles. The number of ether oxygens (including phenoxy) is 1. The van der Waals surface area contributed by atoms with Gasteiger partial charge in [-0.15, -0.1) is 10.2 Å². The number of hydrogen-bond donors (Lipinski definition) is 1. The Balaban J connectivity index is 2.02. The van der Waals surface area contributed by atoms with E-state index in [1.807, 2.05) is 0 Å². The van der Waals surface area contributed by atoms with Crippen LogP contribution >= 0.6 is 11.8 Å². The monoisotopic (exact) mass is 358 g/mol. The average molecular weight is 358 g/mol. The predicted octanol–water partition coefficient (Wildman–Crippen LogP) is 2.62. The van der Waals surface area contributed by atoms with Crippen LogP contribution in [0.3, 0.4) is 0 Å². The summed E-state index contributed by atoms with van der Waals surface area (Å²) in [5.74, 6) is -1.68. The molecule has 0 saturated carbocycles. The minimum Gasteiger partial charge on any atom is -0.465 e. The number of carbonyl (C=O) groups excluding carboxylic acids is 1. The summed E-state index contributed by atoms with van der Waals surface area (Å²) >= 11 is 0.897. The van der Waals surface area contributed by atoms with Crippen LogP contribution in [-0.2, 0) is 15.7 Å². The highest BCUT2D eigenvalue weighted by Gasteiger charge is 2.44. The minimum atomic E-state index is -4.66. The Morgan fingerprint density at radius 1 is 1.33 bits per heavy atom. The highest BCUT2D eigenvalue weighted by Crippen LogP contribution is 2.40. The van der Waals surface area contributed by atoms with Crippen LogP contribution in [0.5, 0.6) is 0 Å². The number of thioether (sulfide) groups is 1. The van der Waals surface area contributed by atoms with Gasteiger partial charge in [-0.1, -0.05) is 42.1 Å². The first kappa shape index (κ1) is 16.6. The number of hydrogen-bond acceptors (Lipinski definition) is 6. The molecule has 0 aliphatic carbocycles. The second kappa shape index (κ2) is 6.34. The molecule has 6 nitrogen and oxygen atoms in total. The van der Waals surface area contributed by atoms with Gasteiger partial charge in [0.15, 0.2) is 0 Å². The van der Waals surface area contributed by atoms with Gasteiger partial charge in [-0.2, -0.15) is 13.2 Å². The number of rotatable bonds is 3. The fraction of sp³-hybridized carbons (Fsp3) is 0.357. The SMILES string of the molecule is CCOC(=O)[C@@H]1Sc2nnc(C(F)(F)F)n2N[C@H]1c1ccccc1. The van der Waals surface area contributed by atoms with Crippen LogP contribution in [0.15, 0.2) is 35.5 Å². The zero-order chi connectivity index (χ0) is 17.3. The van der Waals surface area contributed by atoms with Gasteiger partial charge in [0.05, 0.1) is 12.6 Å². The number of nitrogens with one attached hydrogen (secondary N) is 1. The molecule has 0 bridgehead atoms. The van der Waals surface area contributed by atoms with E-state index in [9.17, 15) is 18.0 Å². The number of nitrogens with zero attached hydrogens (tertiary/aromatic N) is 3. The Hall–Kier alpha value is -2.23. The molecule has 1 N–H and O–H groups in total. The van der Waals surface area contributed by atoms with Gasteiger partial charge in [0, 0.05) is 0 Å². The molecular weight excluding hydrogens is 345 g/mol. The fourth-order valence-electron chi connectivity index (χ4n) is 2.35. The third-order valence-corrected chi connectivity index (χ3v) is 4.56. The summed E-state index contributed by atoms with van der Waals surface area (Å²) in [6.07, 6.45) is -4.66. The molecule has 0 radical (unpaired) electrons. The number of alkyl halides is 3. The predicted molar refractivity (Wildman–Crippen MR) is 79.8 cm³/mol. The molecule has 1 aliphatic rings. The quantitative estimate of drug-likeness (QED) is 0.851. The average Bonchev–Trinajstić information content (AvgIpc) is 2.98. The molecule has 2 heterocycles. The molecule has 0 unspecified atom stereocenters. The number of carbonyl (C=O) groups is 1. The van der Waals surface area contributed by atoms with Crippen molar-refractivity contribution in [2.24, 2.45) is 0 Å². The Morgan fingerprint density at radius 3 is 2.67 bits per heavy atom. The maximum atomic E-state index is 13.1. The van der Waals surface area contributed by atoms with Crippen molar-refractivity contribution < 1.29 is 22.7 Å². The maximum absolute atomic E-state index is 13.1. The molecule has 1 aromatic carbocycles. The van der Waals surface area contributed by atoms with Crippen LogP contribution in [0.4, 0.5) is 13.2 Å². The van der Waals surface area contributed by atoms with E-state index in [-0.39, 0.29) is 11.8 Å². The molecule has 3 rings (SSSR count). The highest BCUT2D eigenvalue weighted by molar-refractivity contribution is 8.00. The zero-order valence-corrected chi connectivity index (χ0v) is 13.3. The van der Waals surface area contributed by atoms with E-state index in [0.29, 0.717) is 5.56 Å². The molecular formula is C14H13F3N4O2S. The van der Waals surface area contributed by atoms with Crippen molar-refractivity contribution in [1.82, 2.24) is 14.9 Å². The zero-order valence-electron chi connectivity index (χ0n) is 12.4. The second-order valence-electron chi connectivity index (χ2n) is 4.95. The van der Waals surface area contributed by atoms with Gasteiger partial charge in [-0.3, -0.25) is 4.79 Å². The Labute approximate surface area is 139 Å². The molecule has 0 amide bonds. The first-order valence-electron chi connectivity index (χ1n) is 7.09. The van der Waals surface area contributed by atoms with Gasteiger partial charge in [0.2, 0.25) is 5.16 Å². The Kier molecular flexibility index (Phi) is 4.39. The van der Waals surface area contributed by atoms with Crippen molar-refractivity contribution in [3.05, 3.63) is 41.7 Å². The lowest BCUT2D eigenvalue weighted by molar-refractivity contribution is -0.147. The summed E-state index contributed by atoms with van der Waals surface area (Å²) in [7, 11) is 0. The van der Waals surface area contributed by atoms with Crippen molar-refractivity contribution in [3.8, 4) is 0 Å². The largest absolute Gasteiger partial charge is 0.465 e. The van der Waals surface area contributed by atoms with Gasteiger partial charge in [0.25, 0.3) is 5.82 Å². The molecule has 0 spiro atoms. The van der Waals surface area contributed by atoms with Crippen LogP contribution in [0.25, 0.3) is 0 Å². The van der Waals surface area contributed by atoms with Crippen LogP contribution in [-0.4, -0.2) is 32.7 Å². The molecule has 24 heavy (non-hydrogen) atoms. The lowest BCUT2D eigenvalue weighted by atomic mass is 10.0. The first-order chi connectivity index (χ1) is 11.4. The van der Waals surface area contributed by atoms with Gasteiger partial charge in [-0.25, -0.2) is 4.68 Å². The van der Waals surface area contributed by atoms with Crippen molar-refractivity contribution >= 4 is 17.7 Å². The van der Waals surface area contributed by atoms with E-state index < -0.39 is 29.3 Å². The van der Waals surface area contributed by atoms with E-state index in [0.717, 1.165) is 16.4 Å². The molecule has 0 fully saturated rings. The smallest absolute Gasteiger partial charge is 0.453 e. The Bertz CT molecular complexity index is 735. The summed E-state index contributed by atoms with van der Waals surface area (Å²) in [6, 6.07) is 8.02. The van der Waals surface area contributed by atoms with Gasteiger partial charge in [0.1, 0.15) is 5.25 Å². The third kappa shape index (κ3) is 3.05. The second-order valence-corrected chi connectivity index (χ2v) is 6.06. The van der Waals surface area contributed by atoms with Gasteiger partial charge >= 0.3 is 12.1 Å². The topological polar surface area (TPSA) is 69.0 Å². The number of fused-ring (bicyclic) bond motifs is 1. The molecule has 0 saturated heterocycles. The summed E-state index contributed by atoms with van der Waals surface area (Å²) in [5, 5.41) is 5.91. The molecule has 10 heteroatoms. The van der Waals surface area contributed by atoms with Crippen LogP contribution in [0.1, 0.15) is 24.4 Å². The molecule has 2 aromatic rings. The Morgan fingerprint density at radius 2 is 2.04 bits per heavy atom. The van der Waals surface area contributed by atoms with E-state index in [4.69, 9.17) is 4.74 Å². The van der Waals surface area contributed by atoms with Gasteiger partial charge < -0.3 is 10.2 Å². The third-order valence-electron chi connectivity index (χ3n) is 3.37. The van der Waals surface area contributed by atoms with E-state index in [2.05, 4.69) is 15.6 Å². The normalized spacial score (nSPS) is 20.2. The highest BCUT2D eigenvalue weighted by atomic mass is 32.2. The van der Waals surface area contributed by atoms with Crippen molar-refractivity contribution in [3.63, 3.8) is 0 Å². The van der Waals surface area contributed by atoms with Crippen molar-refractivity contribution in [2.75, 3.05) is 12.0 Å². The van der Waals surface area contributed by atoms with Crippen LogP contribution < -0.4 is 5.43 Å². The lowest BCUT2D eigenvalue weighted by Gasteiger charge is -2.32. The van der Waals surface area contributed by atoms with Gasteiger partial charge in [-0.05, 0) is 12.5 Å². The van der Waals surface area contributed by atoms with E-state index in [1.54, 1.807) is 37.3 Å². The van der Waals surface area contributed by atoms with E-state index in [1.165, 1.54) is 0 Å². The van der Waals surface area contributed by atoms with Crippen molar-refractivity contribution in [1.29, 1.82) is 0 Å². The van der Waals surface area contributed by atoms with Crippen LogP contribution in [0, 0.1) is 0 Å². The fourth-order valence-corrected chi connectivity index (χ4v) is 3.43. The molecule has 128 valence electrons. The summed E-state index contributed by atoms with van der Waals surface area (Å²) < 4.78 is 45.0. The number of halogens is 3. The summed E-state index contributed by atoms with van der Waals surface area (Å²) in [5.41, 5.74) is 3.37. The molecule has 1 aromatic heterocycles. The minimum absolute atomic E-state index is 0.0347. The molecule has 2 atom stereocenters.